The molecule has 0 fully saturated rings. The molecule has 0 aromatic heterocycles. The fourth-order valence-corrected chi connectivity index (χ4v) is 7.38. The van der Waals surface area contributed by atoms with Crippen LogP contribution >= 0.6 is 7.60 Å². The van der Waals surface area contributed by atoms with E-state index in [2.05, 4.69) is 13.8 Å². The summed E-state index contributed by atoms with van der Waals surface area (Å²) in [6.45, 7) is 7.06. The maximum atomic E-state index is 12.6. The summed E-state index contributed by atoms with van der Waals surface area (Å²) in [7, 11) is 2.42. The summed E-state index contributed by atoms with van der Waals surface area (Å²) in [4.78, 5) is 10.4. The number of hydrogen-bond donors (Lipinski definition) is 1. The molecule has 0 aromatic carbocycles. The van der Waals surface area contributed by atoms with Gasteiger partial charge in [0.15, 0.2) is 0 Å². The zero-order valence-corrected chi connectivity index (χ0v) is 33.5. The van der Waals surface area contributed by atoms with E-state index in [-0.39, 0.29) is 18.9 Å². The Kier molecular flexibility index (Phi) is 34.5. The van der Waals surface area contributed by atoms with Crippen LogP contribution in [0.5, 0.6) is 0 Å². The lowest BCUT2D eigenvalue weighted by Gasteiger charge is -2.25. The Balaban J connectivity index is 4.04. The van der Waals surface area contributed by atoms with E-state index >= 15 is 0 Å². The van der Waals surface area contributed by atoms with Crippen LogP contribution in [0.25, 0.3) is 0 Å². The normalized spacial score (nSPS) is 14.1. The number of ether oxygens (including phenoxy) is 2. The summed E-state index contributed by atoms with van der Waals surface area (Å²) >= 11 is 0. The minimum Gasteiger partial charge on any atom is -0.379 e. The van der Waals surface area contributed by atoms with Crippen molar-refractivity contribution in [3.05, 3.63) is 0 Å². The van der Waals surface area contributed by atoms with Crippen LogP contribution in [0.1, 0.15) is 194 Å². The summed E-state index contributed by atoms with van der Waals surface area (Å²) in [6, 6.07) is 0. The van der Waals surface area contributed by atoms with Crippen molar-refractivity contribution in [2.45, 2.75) is 200 Å². The summed E-state index contributed by atoms with van der Waals surface area (Å²) in [5, 5.41) is 0. The molecule has 284 valence electrons. The van der Waals surface area contributed by atoms with E-state index in [1.807, 2.05) is 21.1 Å². The number of hydrogen-bond acceptors (Lipinski definition) is 4. The van der Waals surface area contributed by atoms with E-state index in [0.717, 1.165) is 19.4 Å². The highest BCUT2D eigenvalue weighted by atomic mass is 31.2. The third-order valence-electron chi connectivity index (χ3n) is 9.31. The van der Waals surface area contributed by atoms with Crippen molar-refractivity contribution in [3.63, 3.8) is 0 Å². The van der Waals surface area contributed by atoms with Crippen molar-refractivity contribution in [1.29, 1.82) is 0 Å². The Morgan fingerprint density at radius 2 is 0.851 bits per heavy atom. The first-order valence-electron chi connectivity index (χ1n) is 20.7. The molecule has 0 amide bonds. The molecular formula is C40H85NO5P+. The molecule has 0 aliphatic heterocycles. The van der Waals surface area contributed by atoms with E-state index < -0.39 is 7.60 Å². The Hall–Kier alpha value is 0.0300. The molecule has 6 nitrogen and oxygen atoms in total. The van der Waals surface area contributed by atoms with Gasteiger partial charge in [0.05, 0.1) is 47.1 Å². The van der Waals surface area contributed by atoms with Crippen LogP contribution in [0.3, 0.4) is 0 Å². The highest BCUT2D eigenvalue weighted by Gasteiger charge is 2.25. The van der Waals surface area contributed by atoms with Crippen molar-refractivity contribution < 1.29 is 27.9 Å². The average molecular weight is 691 g/mol. The van der Waals surface area contributed by atoms with Crippen LogP contribution in [0.4, 0.5) is 0 Å². The van der Waals surface area contributed by atoms with Crippen LogP contribution in [0.15, 0.2) is 0 Å². The van der Waals surface area contributed by atoms with E-state index in [1.165, 1.54) is 167 Å². The standard InChI is InChI=1S/C40H84NO5P/c1-6-8-10-12-14-16-18-20-22-24-26-28-30-32-35-44-38-40(39-46-47(42,43)37-34-41(3,4)5)45-36-33-31-29-27-25-23-21-19-17-15-13-11-9-7-2/h40H,6-39H2,1-5H3/p+1/t40-/m0/s1. The van der Waals surface area contributed by atoms with Crippen molar-refractivity contribution in [1.82, 2.24) is 0 Å². The second kappa shape index (κ2) is 34.5. The van der Waals surface area contributed by atoms with Gasteiger partial charge < -0.3 is 23.4 Å². The van der Waals surface area contributed by atoms with Gasteiger partial charge in [-0.25, -0.2) is 0 Å². The summed E-state index contributed by atoms with van der Waals surface area (Å²) in [5.41, 5.74) is 0. The molecule has 0 aliphatic rings. The van der Waals surface area contributed by atoms with Gasteiger partial charge in [-0.3, -0.25) is 4.57 Å². The smallest absolute Gasteiger partial charge is 0.333 e. The zero-order chi connectivity index (χ0) is 34.7. The van der Waals surface area contributed by atoms with Gasteiger partial charge in [0.25, 0.3) is 0 Å². The molecule has 0 bridgehead atoms. The van der Waals surface area contributed by atoms with E-state index in [0.29, 0.717) is 24.2 Å². The Morgan fingerprint density at radius 3 is 1.21 bits per heavy atom. The molecule has 0 heterocycles. The first kappa shape index (κ1) is 47.0. The third kappa shape index (κ3) is 38.7. The van der Waals surface area contributed by atoms with Crippen LogP contribution in [0, 0.1) is 0 Å². The number of nitrogens with zero attached hydrogens (tertiary/aromatic N) is 1. The highest BCUT2D eigenvalue weighted by molar-refractivity contribution is 7.52. The van der Waals surface area contributed by atoms with Crippen molar-refractivity contribution in [2.24, 2.45) is 0 Å². The third-order valence-corrected chi connectivity index (χ3v) is 10.6. The van der Waals surface area contributed by atoms with Crippen LogP contribution in [-0.4, -0.2) is 75.8 Å². The monoisotopic (exact) mass is 691 g/mol. The molecular weight excluding hydrogens is 605 g/mol. The van der Waals surface area contributed by atoms with E-state index in [1.54, 1.807) is 0 Å². The van der Waals surface area contributed by atoms with Crippen molar-refractivity contribution in [2.75, 3.05) is 60.3 Å². The lowest BCUT2D eigenvalue weighted by molar-refractivity contribution is -0.867. The van der Waals surface area contributed by atoms with Crippen molar-refractivity contribution in [3.8, 4) is 0 Å². The van der Waals surface area contributed by atoms with Crippen molar-refractivity contribution >= 4 is 7.60 Å². The largest absolute Gasteiger partial charge is 0.379 e. The summed E-state index contributed by atoms with van der Waals surface area (Å²) in [5.74, 6) is 0. The molecule has 1 N–H and O–H groups in total. The number of unbranched alkanes of at least 4 members (excludes halogenated alkanes) is 26. The summed E-state index contributed by atoms with van der Waals surface area (Å²) in [6.07, 6.45) is 37.4. The first-order valence-corrected chi connectivity index (χ1v) is 22.4. The lowest BCUT2D eigenvalue weighted by atomic mass is 10.0. The second-order valence-electron chi connectivity index (χ2n) is 15.4. The van der Waals surface area contributed by atoms with Gasteiger partial charge in [-0.15, -0.1) is 0 Å². The van der Waals surface area contributed by atoms with Gasteiger partial charge in [0, 0.05) is 13.2 Å². The minimum absolute atomic E-state index is 0.113. The first-order chi connectivity index (χ1) is 22.7. The second-order valence-corrected chi connectivity index (χ2v) is 17.4. The Bertz CT molecular complexity index is 671. The highest BCUT2D eigenvalue weighted by Crippen LogP contribution is 2.42. The average Bonchev–Trinajstić information content (AvgIpc) is 3.03. The molecule has 47 heavy (non-hydrogen) atoms. The van der Waals surface area contributed by atoms with Gasteiger partial charge in [-0.05, 0) is 12.8 Å². The zero-order valence-electron chi connectivity index (χ0n) is 32.6. The van der Waals surface area contributed by atoms with E-state index in [9.17, 15) is 9.46 Å². The molecule has 0 aromatic rings. The molecule has 0 aliphatic carbocycles. The lowest BCUT2D eigenvalue weighted by Crippen LogP contribution is -2.37. The topological polar surface area (TPSA) is 65.0 Å². The van der Waals surface area contributed by atoms with Crippen LogP contribution < -0.4 is 0 Å². The quantitative estimate of drug-likeness (QED) is 0.0395. The van der Waals surface area contributed by atoms with Gasteiger partial charge in [0.2, 0.25) is 0 Å². The van der Waals surface area contributed by atoms with Gasteiger partial charge in [-0.1, -0.05) is 181 Å². The molecule has 0 spiro atoms. The minimum atomic E-state index is -3.64. The Morgan fingerprint density at radius 1 is 0.511 bits per heavy atom. The Labute approximate surface area is 295 Å². The molecule has 0 rings (SSSR count). The SMILES string of the molecule is CCCCCCCCCCCCCCCCOC[C@@H](COP(=O)(O)CC[N+](C)(C)C)OCCCCCCCCCCCCCCCC. The van der Waals surface area contributed by atoms with Gasteiger partial charge >= 0.3 is 7.60 Å². The molecule has 0 radical (unpaired) electrons. The van der Waals surface area contributed by atoms with Crippen LogP contribution in [0.2, 0.25) is 0 Å². The molecule has 7 heteroatoms. The fourth-order valence-electron chi connectivity index (χ4n) is 5.99. The van der Waals surface area contributed by atoms with Gasteiger partial charge in [-0.2, -0.15) is 0 Å². The molecule has 1 unspecified atom stereocenters. The fraction of sp³-hybridized carbons (Fsp3) is 1.00. The molecule has 0 saturated carbocycles. The number of rotatable bonds is 39. The predicted molar refractivity (Wildman–Crippen MR) is 205 cm³/mol. The predicted octanol–water partition coefficient (Wildman–Crippen LogP) is 12.3. The maximum Gasteiger partial charge on any atom is 0.333 e. The maximum absolute atomic E-state index is 12.6. The van der Waals surface area contributed by atoms with Crippen LogP contribution in [-0.2, 0) is 18.6 Å². The molecule has 0 saturated heterocycles. The summed E-state index contributed by atoms with van der Waals surface area (Å²) < 4.78 is 30.9. The molecule has 2 atom stereocenters. The van der Waals surface area contributed by atoms with Gasteiger partial charge in [0.1, 0.15) is 6.10 Å². The number of quaternary nitrogens is 1. The van der Waals surface area contributed by atoms with E-state index in [4.69, 9.17) is 14.0 Å².